The molecule has 2 aliphatic carbocycles. The number of rotatable bonds is 5. The second-order valence-electron chi connectivity index (χ2n) is 9.06. The molecule has 0 spiro atoms. The summed E-state index contributed by atoms with van der Waals surface area (Å²) in [6.07, 6.45) is 2.74. The van der Waals surface area contributed by atoms with E-state index >= 15 is 0 Å². The Balaban J connectivity index is 1.37. The number of aromatic nitrogens is 1. The molecule has 0 radical (unpaired) electrons. The van der Waals surface area contributed by atoms with Crippen molar-refractivity contribution in [3.05, 3.63) is 64.3 Å². The fourth-order valence-corrected chi connectivity index (χ4v) is 5.52. The number of fused-ring (bicyclic) bond motifs is 3. The Bertz CT molecular complexity index is 1090. The Morgan fingerprint density at radius 1 is 1.03 bits per heavy atom. The largest absolute Gasteiger partial charge is 0.489 e. The summed E-state index contributed by atoms with van der Waals surface area (Å²) in [6.45, 7) is 2.34. The van der Waals surface area contributed by atoms with Crippen LogP contribution in [0.1, 0.15) is 85.2 Å². The van der Waals surface area contributed by atoms with Gasteiger partial charge in [-0.1, -0.05) is 31.9 Å². The Morgan fingerprint density at radius 2 is 1.84 bits per heavy atom. The number of nitrogens with one attached hydrogen (secondary N) is 1. The summed E-state index contributed by atoms with van der Waals surface area (Å²) in [5, 5.41) is 1.18. The van der Waals surface area contributed by atoms with Crippen molar-refractivity contribution in [2.75, 3.05) is 0 Å². The number of H-pyrrole nitrogens is 1. The number of aromatic amines is 1. The van der Waals surface area contributed by atoms with E-state index in [1.165, 1.54) is 29.1 Å². The summed E-state index contributed by atoms with van der Waals surface area (Å²) in [5.41, 5.74) is 4.32. The molecule has 5 heteroatoms. The third-order valence-electron chi connectivity index (χ3n) is 7.18. The minimum Gasteiger partial charge on any atom is -0.489 e. The molecule has 164 valence electrons. The zero-order valence-corrected chi connectivity index (χ0v) is 17.8. The lowest BCUT2D eigenvalue weighted by molar-refractivity contribution is -0.138. The van der Waals surface area contributed by atoms with Gasteiger partial charge in [0.15, 0.2) is 0 Å². The molecule has 2 aliphatic rings. The van der Waals surface area contributed by atoms with E-state index in [-0.39, 0.29) is 12.5 Å². The van der Waals surface area contributed by atoms with Gasteiger partial charge in [-0.2, -0.15) is 13.2 Å². The topological polar surface area (TPSA) is 25.0 Å². The number of hydrogen-bond acceptors (Lipinski definition) is 1. The van der Waals surface area contributed by atoms with E-state index < -0.39 is 11.7 Å². The van der Waals surface area contributed by atoms with Crippen molar-refractivity contribution in [3.63, 3.8) is 0 Å². The van der Waals surface area contributed by atoms with E-state index in [4.69, 9.17) is 4.74 Å². The Morgan fingerprint density at radius 3 is 2.58 bits per heavy atom. The molecule has 0 bridgehead atoms. The smallest absolute Gasteiger partial charge is 0.416 e. The molecule has 0 aliphatic heterocycles. The summed E-state index contributed by atoms with van der Waals surface area (Å²) in [5.74, 6) is 1.31. The second-order valence-corrected chi connectivity index (χ2v) is 9.06. The van der Waals surface area contributed by atoms with Gasteiger partial charge in [-0.3, -0.25) is 0 Å². The normalized spacial score (nSPS) is 19.3. The highest BCUT2D eigenvalue weighted by molar-refractivity contribution is 5.86. The van der Waals surface area contributed by atoms with Gasteiger partial charge in [-0.05, 0) is 84.9 Å². The first-order valence-corrected chi connectivity index (χ1v) is 11.4. The molecule has 2 aromatic carbocycles. The molecule has 0 amide bonds. The molecule has 3 aromatic rings. The number of aryl methyl sites for hydroxylation is 1. The van der Waals surface area contributed by atoms with Crippen molar-refractivity contribution in [2.45, 2.75) is 76.5 Å². The van der Waals surface area contributed by atoms with Crippen LogP contribution in [0.25, 0.3) is 10.9 Å². The molecule has 1 saturated carbocycles. The molecule has 1 aromatic heterocycles. The lowest BCUT2D eigenvalue weighted by atomic mass is 9.91. The number of halogens is 3. The van der Waals surface area contributed by atoms with Crippen LogP contribution in [0.15, 0.2) is 36.4 Å². The summed E-state index contributed by atoms with van der Waals surface area (Å²) in [7, 11) is 0. The van der Waals surface area contributed by atoms with Gasteiger partial charge in [-0.15, -0.1) is 0 Å². The molecular weight excluding hydrogens is 399 g/mol. The molecule has 0 saturated heterocycles. The highest BCUT2D eigenvalue weighted by Crippen LogP contribution is 2.42. The minimum absolute atomic E-state index is 0.0247. The van der Waals surface area contributed by atoms with Gasteiger partial charge >= 0.3 is 6.18 Å². The number of alkyl halides is 3. The zero-order valence-electron chi connectivity index (χ0n) is 17.8. The van der Waals surface area contributed by atoms with Crippen LogP contribution in [0.5, 0.6) is 5.75 Å². The van der Waals surface area contributed by atoms with Gasteiger partial charge in [0, 0.05) is 16.6 Å². The molecule has 2 nitrogen and oxygen atoms in total. The van der Waals surface area contributed by atoms with Gasteiger partial charge < -0.3 is 9.72 Å². The van der Waals surface area contributed by atoms with Gasteiger partial charge in [0.05, 0.1) is 5.56 Å². The minimum atomic E-state index is -4.34. The van der Waals surface area contributed by atoms with Crippen LogP contribution < -0.4 is 4.74 Å². The second kappa shape index (κ2) is 7.92. The summed E-state index contributed by atoms with van der Waals surface area (Å²) < 4.78 is 47.1. The van der Waals surface area contributed by atoms with Crippen LogP contribution >= 0.6 is 0 Å². The molecule has 31 heavy (non-hydrogen) atoms. The van der Waals surface area contributed by atoms with Crippen molar-refractivity contribution >= 4 is 10.9 Å². The molecular formula is C26H28F3NO. The maximum absolute atomic E-state index is 13.7. The van der Waals surface area contributed by atoms with E-state index in [2.05, 4.69) is 11.9 Å². The SMILES string of the molecule is CC[C@H]1CCc2c1[nH]c1ccc(OCc3ccc(C4CCCC4)c(C(F)(F)F)c3)cc21. The first-order valence-electron chi connectivity index (χ1n) is 11.4. The Labute approximate surface area is 180 Å². The van der Waals surface area contributed by atoms with Crippen LogP contribution in [-0.2, 0) is 19.2 Å². The maximum Gasteiger partial charge on any atom is 0.416 e. The lowest BCUT2D eigenvalue weighted by Crippen LogP contribution is -2.12. The monoisotopic (exact) mass is 427 g/mol. The number of benzene rings is 2. The fourth-order valence-electron chi connectivity index (χ4n) is 5.52. The van der Waals surface area contributed by atoms with Crippen LogP contribution in [0.4, 0.5) is 13.2 Å². The van der Waals surface area contributed by atoms with Crippen LogP contribution in [0.3, 0.4) is 0 Å². The molecule has 1 N–H and O–H groups in total. The van der Waals surface area contributed by atoms with Crippen molar-refractivity contribution in [1.82, 2.24) is 4.98 Å². The quantitative estimate of drug-likeness (QED) is 0.440. The molecule has 1 fully saturated rings. The van der Waals surface area contributed by atoms with E-state index in [9.17, 15) is 13.2 Å². The van der Waals surface area contributed by atoms with Crippen molar-refractivity contribution in [2.24, 2.45) is 0 Å². The van der Waals surface area contributed by atoms with Gasteiger partial charge in [-0.25, -0.2) is 0 Å². The third-order valence-corrected chi connectivity index (χ3v) is 7.18. The summed E-state index contributed by atoms with van der Waals surface area (Å²) in [4.78, 5) is 3.55. The predicted molar refractivity (Wildman–Crippen MR) is 117 cm³/mol. The number of ether oxygens (including phenoxy) is 1. The fraction of sp³-hybridized carbons (Fsp3) is 0.462. The highest BCUT2D eigenvalue weighted by Gasteiger charge is 2.36. The van der Waals surface area contributed by atoms with E-state index in [0.717, 1.165) is 44.0 Å². The highest BCUT2D eigenvalue weighted by atomic mass is 19.4. The van der Waals surface area contributed by atoms with Crippen molar-refractivity contribution < 1.29 is 17.9 Å². The third kappa shape index (κ3) is 3.83. The first kappa shape index (κ1) is 20.5. The van der Waals surface area contributed by atoms with Crippen LogP contribution in [0, 0.1) is 0 Å². The van der Waals surface area contributed by atoms with Crippen molar-refractivity contribution in [3.8, 4) is 5.75 Å². The van der Waals surface area contributed by atoms with Crippen LogP contribution in [-0.4, -0.2) is 4.98 Å². The molecule has 1 atom stereocenters. The molecule has 5 rings (SSSR count). The van der Waals surface area contributed by atoms with E-state index in [1.54, 1.807) is 12.1 Å². The summed E-state index contributed by atoms with van der Waals surface area (Å²) in [6, 6.07) is 10.7. The average Bonchev–Trinajstić information content (AvgIpc) is 3.48. The van der Waals surface area contributed by atoms with Gasteiger partial charge in [0.2, 0.25) is 0 Å². The summed E-state index contributed by atoms with van der Waals surface area (Å²) >= 11 is 0. The molecule has 0 unspecified atom stereocenters. The van der Waals surface area contributed by atoms with Gasteiger partial charge in [0.1, 0.15) is 12.4 Å². The Kier molecular flexibility index (Phi) is 5.23. The van der Waals surface area contributed by atoms with E-state index in [1.807, 2.05) is 18.2 Å². The Hall–Kier alpha value is -2.43. The van der Waals surface area contributed by atoms with Crippen LogP contribution in [0.2, 0.25) is 0 Å². The van der Waals surface area contributed by atoms with E-state index in [0.29, 0.717) is 22.8 Å². The lowest BCUT2D eigenvalue weighted by Gasteiger charge is -2.19. The first-order chi connectivity index (χ1) is 14.9. The standard InChI is InChI=1S/C26H28F3NO/c1-2-17-8-11-21-22-14-19(9-12-24(22)30-25(17)21)31-15-16-7-10-20(18-5-3-4-6-18)23(13-16)26(27,28)29/h7,9-10,12-14,17-18,30H,2-6,8,11,15H2,1H3/t17-/m0/s1. The van der Waals surface area contributed by atoms with Gasteiger partial charge in [0.25, 0.3) is 0 Å². The average molecular weight is 428 g/mol. The number of hydrogen-bond donors (Lipinski definition) is 1. The molecule has 1 heterocycles. The predicted octanol–water partition coefficient (Wildman–Crippen LogP) is 7.86. The maximum atomic E-state index is 13.7. The zero-order chi connectivity index (χ0) is 21.6. The van der Waals surface area contributed by atoms with Crippen molar-refractivity contribution in [1.29, 1.82) is 0 Å².